The van der Waals surface area contributed by atoms with Crippen molar-refractivity contribution in [2.45, 2.75) is 38.1 Å². The van der Waals surface area contributed by atoms with Crippen LogP contribution in [-0.2, 0) is 4.79 Å². The Morgan fingerprint density at radius 1 is 1.17 bits per heavy atom. The topological polar surface area (TPSA) is 78.7 Å². The highest BCUT2D eigenvalue weighted by atomic mass is 35.5. The number of nitrogens with one attached hydrogen (secondary N) is 1. The van der Waals surface area contributed by atoms with Gasteiger partial charge in [0, 0.05) is 44.8 Å². The summed E-state index contributed by atoms with van der Waals surface area (Å²) >= 11 is 0. The molecule has 1 aliphatic heterocycles. The molecule has 9 heteroatoms. The highest BCUT2D eigenvalue weighted by molar-refractivity contribution is 5.94. The maximum atomic E-state index is 13.6. The Balaban J connectivity index is 0.00000225. The van der Waals surface area contributed by atoms with Gasteiger partial charge in [-0.15, -0.1) is 24.8 Å². The summed E-state index contributed by atoms with van der Waals surface area (Å²) in [4.78, 5) is 29.1. The minimum absolute atomic E-state index is 0. The Hall–Kier alpha value is -1.41. The van der Waals surface area contributed by atoms with E-state index in [4.69, 9.17) is 5.73 Å². The van der Waals surface area contributed by atoms with E-state index in [0.717, 1.165) is 38.8 Å². The Labute approximate surface area is 190 Å². The van der Waals surface area contributed by atoms with E-state index in [1.54, 1.807) is 12.1 Å². The van der Waals surface area contributed by atoms with E-state index in [9.17, 15) is 14.0 Å². The summed E-state index contributed by atoms with van der Waals surface area (Å²) in [5.41, 5.74) is 6.05. The van der Waals surface area contributed by atoms with Gasteiger partial charge in [0.05, 0.1) is 11.5 Å². The first-order valence-electron chi connectivity index (χ1n) is 10.2. The first kappa shape index (κ1) is 26.6. The molecule has 1 saturated carbocycles. The number of piperazine rings is 1. The number of nitrogens with zero attached hydrogens (tertiary/aromatic N) is 2. The fraction of sp³-hybridized carbons (Fsp3) is 0.619. The zero-order chi connectivity index (χ0) is 20.1. The van der Waals surface area contributed by atoms with Gasteiger partial charge in [-0.25, -0.2) is 4.39 Å². The van der Waals surface area contributed by atoms with E-state index in [1.165, 1.54) is 12.1 Å². The molecule has 2 unspecified atom stereocenters. The summed E-state index contributed by atoms with van der Waals surface area (Å²) in [6, 6.07) is 5.97. The maximum Gasteiger partial charge on any atom is 0.254 e. The number of amides is 2. The predicted octanol–water partition coefficient (Wildman–Crippen LogP) is 2.45. The van der Waals surface area contributed by atoms with Crippen LogP contribution in [0.15, 0.2) is 24.3 Å². The average molecular weight is 463 g/mol. The lowest BCUT2D eigenvalue weighted by atomic mass is 9.74. The molecule has 1 aromatic carbocycles. The number of rotatable bonds is 5. The fourth-order valence-electron chi connectivity index (χ4n) is 4.24. The standard InChI is InChI=1S/C21H31FN4O2.2ClH/c1-21(23)9-5-4-7-17(21)20(28)26-14-12-25(13-15-26)11-10-24-19(27)16-6-2-3-8-18(16)22;;/h2-3,6,8,17H,4-5,7,9-15,23H2,1H3,(H,24,27);2*1H. The molecule has 170 valence electrons. The summed E-state index contributed by atoms with van der Waals surface area (Å²) in [5, 5.41) is 2.77. The van der Waals surface area contributed by atoms with Crippen LogP contribution in [0.25, 0.3) is 0 Å². The smallest absolute Gasteiger partial charge is 0.254 e. The molecule has 0 bridgehead atoms. The zero-order valence-corrected chi connectivity index (χ0v) is 19.1. The number of hydrogen-bond acceptors (Lipinski definition) is 4. The van der Waals surface area contributed by atoms with Crippen molar-refractivity contribution in [2.75, 3.05) is 39.3 Å². The average Bonchev–Trinajstić information content (AvgIpc) is 2.68. The van der Waals surface area contributed by atoms with Crippen molar-refractivity contribution in [3.05, 3.63) is 35.6 Å². The lowest BCUT2D eigenvalue weighted by Gasteiger charge is -2.42. The van der Waals surface area contributed by atoms with Gasteiger partial charge < -0.3 is 16.0 Å². The maximum absolute atomic E-state index is 13.6. The Kier molecular flexibility index (Phi) is 10.5. The summed E-state index contributed by atoms with van der Waals surface area (Å²) in [6.07, 6.45) is 3.97. The first-order chi connectivity index (χ1) is 13.4. The minimum atomic E-state index is -0.512. The first-order valence-corrected chi connectivity index (χ1v) is 10.2. The van der Waals surface area contributed by atoms with E-state index in [-0.39, 0.29) is 42.2 Å². The highest BCUT2D eigenvalue weighted by Crippen LogP contribution is 2.33. The summed E-state index contributed by atoms with van der Waals surface area (Å²) in [5.74, 6) is -0.793. The molecule has 2 amide bonds. The van der Waals surface area contributed by atoms with E-state index in [0.29, 0.717) is 26.2 Å². The van der Waals surface area contributed by atoms with Crippen LogP contribution in [0, 0.1) is 11.7 Å². The van der Waals surface area contributed by atoms with Gasteiger partial charge in [-0.3, -0.25) is 14.5 Å². The van der Waals surface area contributed by atoms with Crippen molar-refractivity contribution in [1.29, 1.82) is 0 Å². The van der Waals surface area contributed by atoms with E-state index >= 15 is 0 Å². The van der Waals surface area contributed by atoms with E-state index in [2.05, 4.69) is 10.2 Å². The van der Waals surface area contributed by atoms with Crippen LogP contribution in [0.4, 0.5) is 4.39 Å². The number of hydrogen-bond donors (Lipinski definition) is 2. The molecule has 2 fully saturated rings. The second kappa shape index (κ2) is 11.8. The second-order valence-electron chi connectivity index (χ2n) is 8.21. The number of benzene rings is 1. The molecule has 2 atom stereocenters. The summed E-state index contributed by atoms with van der Waals surface area (Å²) in [6.45, 7) is 6.05. The van der Waals surface area contributed by atoms with Gasteiger partial charge in [0.1, 0.15) is 5.82 Å². The fourth-order valence-corrected chi connectivity index (χ4v) is 4.24. The minimum Gasteiger partial charge on any atom is -0.351 e. The normalized spacial score (nSPS) is 24.4. The highest BCUT2D eigenvalue weighted by Gasteiger charge is 2.40. The lowest BCUT2D eigenvalue weighted by molar-refractivity contribution is -0.140. The van der Waals surface area contributed by atoms with Crippen molar-refractivity contribution in [2.24, 2.45) is 11.7 Å². The van der Waals surface area contributed by atoms with E-state index < -0.39 is 17.3 Å². The van der Waals surface area contributed by atoms with Crippen LogP contribution in [0.5, 0.6) is 0 Å². The van der Waals surface area contributed by atoms with Gasteiger partial charge in [-0.1, -0.05) is 25.0 Å². The molecule has 0 spiro atoms. The quantitative estimate of drug-likeness (QED) is 0.704. The monoisotopic (exact) mass is 462 g/mol. The zero-order valence-electron chi connectivity index (χ0n) is 17.4. The third kappa shape index (κ3) is 6.54. The van der Waals surface area contributed by atoms with Crippen LogP contribution in [0.1, 0.15) is 43.0 Å². The number of nitrogens with two attached hydrogens (primary N) is 1. The number of carbonyl (C=O) groups is 2. The number of halogens is 3. The van der Waals surface area contributed by atoms with Crippen LogP contribution >= 0.6 is 24.8 Å². The molecular formula is C21H33Cl2FN4O2. The van der Waals surface area contributed by atoms with Crippen molar-refractivity contribution < 1.29 is 14.0 Å². The van der Waals surface area contributed by atoms with Crippen LogP contribution in [0.3, 0.4) is 0 Å². The van der Waals surface area contributed by atoms with Crippen molar-refractivity contribution in [3.63, 3.8) is 0 Å². The molecular weight excluding hydrogens is 430 g/mol. The molecule has 3 rings (SSSR count). The SMILES string of the molecule is CC1(N)CCCCC1C(=O)N1CCN(CCNC(=O)c2ccccc2F)CC1.Cl.Cl. The molecule has 2 aliphatic rings. The molecule has 1 heterocycles. The van der Waals surface area contributed by atoms with Crippen LogP contribution in [-0.4, -0.2) is 66.4 Å². The van der Waals surface area contributed by atoms with Crippen molar-refractivity contribution in [1.82, 2.24) is 15.1 Å². The van der Waals surface area contributed by atoms with Gasteiger partial charge in [0.25, 0.3) is 5.91 Å². The summed E-state index contributed by atoms with van der Waals surface area (Å²) < 4.78 is 13.6. The Bertz CT molecular complexity index is 712. The number of carbonyl (C=O) groups excluding carboxylic acids is 2. The molecule has 1 saturated heterocycles. The largest absolute Gasteiger partial charge is 0.351 e. The Morgan fingerprint density at radius 2 is 1.83 bits per heavy atom. The third-order valence-electron chi connectivity index (χ3n) is 6.07. The molecule has 30 heavy (non-hydrogen) atoms. The molecule has 3 N–H and O–H groups in total. The van der Waals surface area contributed by atoms with Gasteiger partial charge in [0.2, 0.25) is 5.91 Å². The van der Waals surface area contributed by atoms with Crippen LogP contribution in [0.2, 0.25) is 0 Å². The van der Waals surface area contributed by atoms with Crippen molar-refractivity contribution >= 4 is 36.6 Å². The molecule has 6 nitrogen and oxygen atoms in total. The van der Waals surface area contributed by atoms with Crippen LogP contribution < -0.4 is 11.1 Å². The van der Waals surface area contributed by atoms with Crippen molar-refractivity contribution in [3.8, 4) is 0 Å². The predicted molar refractivity (Wildman–Crippen MR) is 121 cm³/mol. The van der Waals surface area contributed by atoms with Gasteiger partial charge in [-0.05, 0) is 31.9 Å². The second-order valence-corrected chi connectivity index (χ2v) is 8.21. The molecule has 1 aromatic rings. The van der Waals surface area contributed by atoms with Gasteiger partial charge in [0.15, 0.2) is 0 Å². The third-order valence-corrected chi connectivity index (χ3v) is 6.07. The van der Waals surface area contributed by atoms with Gasteiger partial charge in [-0.2, -0.15) is 0 Å². The summed E-state index contributed by atoms with van der Waals surface area (Å²) in [7, 11) is 0. The molecule has 0 radical (unpaired) electrons. The lowest BCUT2D eigenvalue weighted by Crippen LogP contribution is -2.57. The van der Waals surface area contributed by atoms with Gasteiger partial charge >= 0.3 is 0 Å². The molecule has 0 aromatic heterocycles. The van der Waals surface area contributed by atoms with E-state index in [1.807, 2.05) is 11.8 Å². The molecule has 1 aliphatic carbocycles. The Morgan fingerprint density at radius 3 is 2.47 bits per heavy atom.